The summed E-state index contributed by atoms with van der Waals surface area (Å²) in [6.45, 7) is 6.34. The molecular weight excluding hydrogens is 467 g/mol. The number of hydrogen-bond acceptors (Lipinski definition) is 7. The van der Waals surface area contributed by atoms with Crippen LogP contribution in [0.1, 0.15) is 16.0 Å². The number of aryl methyl sites for hydroxylation is 2. The lowest BCUT2D eigenvalue weighted by Gasteiger charge is -2.12. The van der Waals surface area contributed by atoms with Crippen molar-refractivity contribution in [3.05, 3.63) is 42.6 Å². The Labute approximate surface area is 191 Å². The Morgan fingerprint density at radius 2 is 2.03 bits per heavy atom. The van der Waals surface area contributed by atoms with Gasteiger partial charge in [-0.05, 0) is 31.9 Å². The summed E-state index contributed by atoms with van der Waals surface area (Å²) in [5.41, 5.74) is 1.45. The molecule has 3 aromatic heterocycles. The first-order chi connectivity index (χ1) is 14.2. The van der Waals surface area contributed by atoms with Crippen LogP contribution in [0.5, 0.6) is 0 Å². The number of aromatic nitrogens is 3. The van der Waals surface area contributed by atoms with Crippen molar-refractivity contribution in [2.24, 2.45) is 0 Å². The number of nitrogens with zero attached hydrogens (tertiary/aromatic N) is 3. The summed E-state index contributed by atoms with van der Waals surface area (Å²) < 4.78 is 6.69. The summed E-state index contributed by atoms with van der Waals surface area (Å²) in [7, 11) is 1.57. The van der Waals surface area contributed by atoms with Gasteiger partial charge in [0.1, 0.15) is 4.83 Å². The topological polar surface area (TPSA) is 86.1 Å². The molecule has 30 heavy (non-hydrogen) atoms. The van der Waals surface area contributed by atoms with E-state index in [0.29, 0.717) is 44.1 Å². The van der Waals surface area contributed by atoms with E-state index in [4.69, 9.17) is 27.9 Å². The highest BCUT2D eigenvalue weighted by Crippen LogP contribution is 2.30. The van der Waals surface area contributed by atoms with Crippen molar-refractivity contribution in [1.29, 1.82) is 0 Å². The van der Waals surface area contributed by atoms with Gasteiger partial charge in [-0.3, -0.25) is 14.2 Å². The molecule has 1 amide bonds. The smallest absolute Gasteiger partial charge is 0.263 e. The van der Waals surface area contributed by atoms with E-state index in [1.807, 2.05) is 13.8 Å². The standard InChI is InChI=1S/C19H20Cl2N4O3S2/c1-9-11(3)30-17-14(9)18(27)25(5-6-28-4)19(24-17)29-8-13(26)23-16-15(21)10(2)12(20)7-22-16/h7H,5-6,8H2,1-4H3,(H,22,23,26). The number of ether oxygens (including phenoxy) is 1. The summed E-state index contributed by atoms with van der Waals surface area (Å²) in [5, 5.41) is 4.48. The molecule has 0 saturated carbocycles. The lowest BCUT2D eigenvalue weighted by atomic mass is 10.2. The van der Waals surface area contributed by atoms with Crippen LogP contribution in [0.15, 0.2) is 16.1 Å². The third kappa shape index (κ3) is 4.65. The van der Waals surface area contributed by atoms with Gasteiger partial charge in [0.05, 0.1) is 34.3 Å². The molecule has 0 aliphatic rings. The van der Waals surface area contributed by atoms with Gasteiger partial charge in [-0.15, -0.1) is 11.3 Å². The lowest BCUT2D eigenvalue weighted by molar-refractivity contribution is -0.113. The van der Waals surface area contributed by atoms with Gasteiger partial charge in [0.2, 0.25) is 5.91 Å². The van der Waals surface area contributed by atoms with Crippen molar-refractivity contribution in [3.8, 4) is 0 Å². The monoisotopic (exact) mass is 486 g/mol. The van der Waals surface area contributed by atoms with Gasteiger partial charge in [-0.2, -0.15) is 0 Å². The number of halogens is 2. The van der Waals surface area contributed by atoms with Crippen LogP contribution in [0.4, 0.5) is 5.82 Å². The number of thiophene rings is 1. The summed E-state index contributed by atoms with van der Waals surface area (Å²) >= 11 is 14.8. The second kappa shape index (κ2) is 9.65. The largest absolute Gasteiger partial charge is 0.383 e. The normalized spacial score (nSPS) is 11.3. The SMILES string of the molecule is COCCn1c(SCC(=O)Nc2ncc(Cl)c(C)c2Cl)nc2sc(C)c(C)c2c1=O. The highest BCUT2D eigenvalue weighted by molar-refractivity contribution is 7.99. The number of fused-ring (bicyclic) bond motifs is 1. The maximum Gasteiger partial charge on any atom is 0.263 e. The number of carbonyl (C=O) groups is 1. The second-order valence-corrected chi connectivity index (χ2v) is 9.47. The molecule has 0 radical (unpaired) electrons. The van der Waals surface area contributed by atoms with E-state index >= 15 is 0 Å². The Morgan fingerprint density at radius 1 is 1.30 bits per heavy atom. The molecule has 0 bridgehead atoms. The van der Waals surface area contributed by atoms with Crippen molar-refractivity contribution in [2.75, 3.05) is 24.8 Å². The number of anilines is 1. The number of thioether (sulfide) groups is 1. The molecule has 0 unspecified atom stereocenters. The van der Waals surface area contributed by atoms with Gasteiger partial charge >= 0.3 is 0 Å². The van der Waals surface area contributed by atoms with Crippen LogP contribution in [-0.2, 0) is 16.1 Å². The predicted molar refractivity (Wildman–Crippen MR) is 124 cm³/mol. The van der Waals surface area contributed by atoms with E-state index in [-0.39, 0.29) is 23.0 Å². The zero-order valence-corrected chi connectivity index (χ0v) is 20.0. The number of methoxy groups -OCH3 is 1. The minimum Gasteiger partial charge on any atom is -0.383 e. The zero-order valence-electron chi connectivity index (χ0n) is 16.8. The van der Waals surface area contributed by atoms with Crippen molar-refractivity contribution in [2.45, 2.75) is 32.5 Å². The average Bonchev–Trinajstić information content (AvgIpc) is 3.00. The first kappa shape index (κ1) is 23.0. The molecule has 3 rings (SSSR count). The van der Waals surface area contributed by atoms with Crippen molar-refractivity contribution < 1.29 is 9.53 Å². The number of pyridine rings is 1. The third-order valence-electron chi connectivity index (χ3n) is 4.57. The minimum atomic E-state index is -0.317. The molecule has 3 aromatic rings. The van der Waals surface area contributed by atoms with Gasteiger partial charge < -0.3 is 10.1 Å². The quantitative estimate of drug-likeness (QED) is 0.391. The maximum atomic E-state index is 13.1. The molecule has 0 fully saturated rings. The molecule has 0 aliphatic carbocycles. The first-order valence-electron chi connectivity index (χ1n) is 8.97. The van der Waals surface area contributed by atoms with Crippen LogP contribution in [0, 0.1) is 20.8 Å². The maximum absolute atomic E-state index is 13.1. The van der Waals surface area contributed by atoms with Gasteiger partial charge in [0.25, 0.3) is 5.56 Å². The molecule has 3 heterocycles. The molecule has 0 saturated heterocycles. The number of amides is 1. The van der Waals surface area contributed by atoms with Crippen LogP contribution in [0.2, 0.25) is 10.0 Å². The number of rotatable bonds is 7. The van der Waals surface area contributed by atoms with E-state index in [0.717, 1.165) is 10.4 Å². The summed E-state index contributed by atoms with van der Waals surface area (Å²) in [5.74, 6) is -0.0373. The van der Waals surface area contributed by atoms with E-state index in [9.17, 15) is 9.59 Å². The molecule has 0 aliphatic heterocycles. The molecule has 11 heteroatoms. The Morgan fingerprint density at radius 3 is 2.73 bits per heavy atom. The molecule has 160 valence electrons. The lowest BCUT2D eigenvalue weighted by Crippen LogP contribution is -2.26. The molecule has 1 N–H and O–H groups in total. The molecule has 7 nitrogen and oxygen atoms in total. The van der Waals surface area contributed by atoms with Crippen molar-refractivity contribution in [3.63, 3.8) is 0 Å². The van der Waals surface area contributed by atoms with E-state index < -0.39 is 0 Å². The summed E-state index contributed by atoms with van der Waals surface area (Å²) in [6, 6.07) is 0. The second-order valence-electron chi connectivity index (χ2n) is 6.54. The number of carbonyl (C=O) groups excluding carboxylic acids is 1. The Balaban J connectivity index is 1.85. The van der Waals surface area contributed by atoms with Crippen molar-refractivity contribution in [1.82, 2.24) is 14.5 Å². The van der Waals surface area contributed by atoms with E-state index in [2.05, 4.69) is 15.3 Å². The van der Waals surface area contributed by atoms with Crippen LogP contribution in [0.25, 0.3) is 10.2 Å². The fourth-order valence-corrected chi connectivity index (χ4v) is 5.03. The van der Waals surface area contributed by atoms with Crippen LogP contribution < -0.4 is 10.9 Å². The van der Waals surface area contributed by atoms with Crippen LogP contribution in [-0.4, -0.2) is 39.9 Å². The van der Waals surface area contributed by atoms with E-state index in [1.54, 1.807) is 18.6 Å². The molecule has 0 aromatic carbocycles. The summed E-state index contributed by atoms with van der Waals surface area (Å²) in [6.07, 6.45) is 1.44. The molecule has 0 atom stereocenters. The fraction of sp³-hybridized carbons (Fsp3) is 0.368. The highest BCUT2D eigenvalue weighted by atomic mass is 35.5. The van der Waals surface area contributed by atoms with Gasteiger partial charge in [-0.25, -0.2) is 9.97 Å². The average molecular weight is 487 g/mol. The van der Waals surface area contributed by atoms with Crippen LogP contribution in [0.3, 0.4) is 0 Å². The van der Waals surface area contributed by atoms with E-state index in [1.165, 1.54) is 29.3 Å². The predicted octanol–water partition coefficient (Wildman–Crippen LogP) is 4.46. The fourth-order valence-electron chi connectivity index (χ4n) is 2.74. The van der Waals surface area contributed by atoms with Gasteiger partial charge in [0, 0.05) is 18.2 Å². The first-order valence-corrected chi connectivity index (χ1v) is 11.5. The Hall–Kier alpha value is -1.65. The molecular formula is C19H20Cl2N4O3S2. The molecule has 0 spiro atoms. The summed E-state index contributed by atoms with van der Waals surface area (Å²) in [4.78, 5) is 36.0. The minimum absolute atomic E-state index is 0.0357. The zero-order chi connectivity index (χ0) is 22.0. The van der Waals surface area contributed by atoms with Gasteiger partial charge in [-0.1, -0.05) is 35.0 Å². The Bertz CT molecular complexity index is 1180. The van der Waals surface area contributed by atoms with Crippen LogP contribution >= 0.6 is 46.3 Å². The van der Waals surface area contributed by atoms with Gasteiger partial charge in [0.15, 0.2) is 11.0 Å². The van der Waals surface area contributed by atoms with Crippen molar-refractivity contribution >= 4 is 68.2 Å². The number of hydrogen-bond donors (Lipinski definition) is 1. The number of nitrogens with one attached hydrogen (secondary N) is 1. The third-order valence-corrected chi connectivity index (χ3v) is 7.49. The highest BCUT2D eigenvalue weighted by Gasteiger charge is 2.18. The Kier molecular flexibility index (Phi) is 7.41.